The minimum Gasteiger partial charge on any atom is -0.398 e. The minimum atomic E-state index is 0.629. The van der Waals surface area contributed by atoms with Crippen molar-refractivity contribution < 1.29 is 0 Å². The van der Waals surface area contributed by atoms with Gasteiger partial charge in [-0.25, -0.2) is 0 Å². The molecule has 0 saturated carbocycles. The van der Waals surface area contributed by atoms with Crippen LogP contribution in [0, 0.1) is 11.3 Å². The SMILES string of the molecule is CSc1csc2cc(C#N)cc(N)c12. The van der Waals surface area contributed by atoms with Gasteiger partial charge in [0.15, 0.2) is 0 Å². The van der Waals surface area contributed by atoms with Gasteiger partial charge < -0.3 is 5.73 Å². The van der Waals surface area contributed by atoms with Crippen LogP contribution in [0.4, 0.5) is 5.69 Å². The number of rotatable bonds is 1. The van der Waals surface area contributed by atoms with Crippen LogP contribution in [-0.4, -0.2) is 6.26 Å². The highest BCUT2D eigenvalue weighted by Crippen LogP contribution is 2.36. The summed E-state index contributed by atoms with van der Waals surface area (Å²) in [5.74, 6) is 0. The topological polar surface area (TPSA) is 49.8 Å². The van der Waals surface area contributed by atoms with E-state index in [2.05, 4.69) is 11.4 Å². The first-order valence-corrected chi connectivity index (χ1v) is 6.11. The van der Waals surface area contributed by atoms with Crippen molar-refractivity contribution in [1.82, 2.24) is 0 Å². The van der Waals surface area contributed by atoms with Crippen molar-refractivity contribution in [2.24, 2.45) is 0 Å². The summed E-state index contributed by atoms with van der Waals surface area (Å²) in [4.78, 5) is 1.19. The first-order chi connectivity index (χ1) is 6.76. The zero-order valence-electron chi connectivity index (χ0n) is 7.57. The minimum absolute atomic E-state index is 0.629. The van der Waals surface area contributed by atoms with Gasteiger partial charge in [-0.1, -0.05) is 0 Å². The average Bonchev–Trinajstić information content (AvgIpc) is 2.61. The van der Waals surface area contributed by atoms with Gasteiger partial charge in [-0.15, -0.1) is 23.1 Å². The van der Waals surface area contributed by atoms with Gasteiger partial charge >= 0.3 is 0 Å². The summed E-state index contributed by atoms with van der Waals surface area (Å²) in [6.45, 7) is 0. The number of nitrogens with two attached hydrogens (primary N) is 1. The van der Waals surface area contributed by atoms with E-state index in [9.17, 15) is 0 Å². The van der Waals surface area contributed by atoms with Crippen molar-refractivity contribution in [3.8, 4) is 6.07 Å². The van der Waals surface area contributed by atoms with Crippen molar-refractivity contribution in [3.05, 3.63) is 23.1 Å². The third-order valence-electron chi connectivity index (χ3n) is 2.02. The number of nitriles is 1. The van der Waals surface area contributed by atoms with Crippen molar-refractivity contribution in [2.45, 2.75) is 4.90 Å². The third-order valence-corrected chi connectivity index (χ3v) is 3.86. The fourth-order valence-electron chi connectivity index (χ4n) is 1.38. The lowest BCUT2D eigenvalue weighted by Gasteiger charge is -1.99. The van der Waals surface area contributed by atoms with Gasteiger partial charge in [0.1, 0.15) is 0 Å². The second kappa shape index (κ2) is 3.52. The highest BCUT2D eigenvalue weighted by Gasteiger charge is 2.07. The van der Waals surface area contributed by atoms with E-state index in [4.69, 9.17) is 11.0 Å². The van der Waals surface area contributed by atoms with Crippen LogP contribution < -0.4 is 5.73 Å². The molecule has 0 spiro atoms. The molecule has 0 aliphatic rings. The molecule has 0 unspecified atom stereocenters. The first-order valence-electron chi connectivity index (χ1n) is 4.01. The van der Waals surface area contributed by atoms with Gasteiger partial charge in [-0.2, -0.15) is 5.26 Å². The quantitative estimate of drug-likeness (QED) is 0.593. The average molecular weight is 220 g/mol. The van der Waals surface area contributed by atoms with Gasteiger partial charge in [0.2, 0.25) is 0 Å². The lowest BCUT2D eigenvalue weighted by atomic mass is 10.1. The highest BCUT2D eigenvalue weighted by molar-refractivity contribution is 7.99. The van der Waals surface area contributed by atoms with Crippen LogP contribution >= 0.6 is 23.1 Å². The molecule has 1 aromatic heterocycles. The number of benzene rings is 1. The molecule has 0 radical (unpaired) electrons. The second-order valence-electron chi connectivity index (χ2n) is 2.85. The number of hydrogen-bond acceptors (Lipinski definition) is 4. The smallest absolute Gasteiger partial charge is 0.0992 e. The van der Waals surface area contributed by atoms with E-state index in [1.807, 2.05) is 12.3 Å². The largest absolute Gasteiger partial charge is 0.398 e. The van der Waals surface area contributed by atoms with Crippen LogP contribution in [-0.2, 0) is 0 Å². The standard InChI is InChI=1S/C10H8N2S2/c1-13-9-5-14-8-3-6(4-11)2-7(12)10(8)9/h2-3,5H,12H2,1H3. The molecule has 2 rings (SSSR count). The van der Waals surface area contributed by atoms with Gasteiger partial charge in [0, 0.05) is 26.0 Å². The Morgan fingerprint density at radius 2 is 2.29 bits per heavy atom. The Morgan fingerprint density at radius 3 is 2.93 bits per heavy atom. The first kappa shape index (κ1) is 9.38. The molecule has 0 fully saturated rings. The molecule has 0 atom stereocenters. The fourth-order valence-corrected chi connectivity index (χ4v) is 3.30. The molecule has 1 aromatic carbocycles. The van der Waals surface area contributed by atoms with Crippen LogP contribution in [0.5, 0.6) is 0 Å². The summed E-state index contributed by atoms with van der Waals surface area (Å²) in [5, 5.41) is 11.9. The second-order valence-corrected chi connectivity index (χ2v) is 4.61. The molecule has 0 saturated heterocycles. The number of fused-ring (bicyclic) bond motifs is 1. The molecule has 0 aliphatic heterocycles. The van der Waals surface area contributed by atoms with Crippen molar-refractivity contribution in [3.63, 3.8) is 0 Å². The monoisotopic (exact) mass is 220 g/mol. The lowest BCUT2D eigenvalue weighted by Crippen LogP contribution is -1.87. The molecule has 0 aliphatic carbocycles. The lowest BCUT2D eigenvalue weighted by molar-refractivity contribution is 1.50. The normalized spacial score (nSPS) is 10.3. The summed E-state index contributed by atoms with van der Waals surface area (Å²) in [7, 11) is 0. The van der Waals surface area contributed by atoms with Gasteiger partial charge in [-0.05, 0) is 18.4 Å². The molecule has 70 valence electrons. The maximum atomic E-state index is 8.78. The number of anilines is 1. The van der Waals surface area contributed by atoms with Gasteiger partial charge in [0.25, 0.3) is 0 Å². The number of nitrogen functional groups attached to an aromatic ring is 1. The fraction of sp³-hybridized carbons (Fsp3) is 0.100. The summed E-state index contributed by atoms with van der Waals surface area (Å²) in [5.41, 5.74) is 7.22. The van der Waals surface area contributed by atoms with E-state index in [1.54, 1.807) is 29.2 Å². The van der Waals surface area contributed by atoms with Crippen LogP contribution in [0.15, 0.2) is 22.4 Å². The Kier molecular flexibility index (Phi) is 2.36. The van der Waals surface area contributed by atoms with Crippen LogP contribution in [0.1, 0.15) is 5.56 Å². The number of hydrogen-bond donors (Lipinski definition) is 1. The number of thioether (sulfide) groups is 1. The van der Waals surface area contributed by atoms with E-state index >= 15 is 0 Å². The molecular weight excluding hydrogens is 212 g/mol. The number of thiophene rings is 1. The summed E-state index contributed by atoms with van der Waals surface area (Å²) < 4.78 is 1.09. The van der Waals surface area contributed by atoms with Gasteiger partial charge in [0.05, 0.1) is 11.6 Å². The van der Waals surface area contributed by atoms with Crippen molar-refractivity contribution in [2.75, 3.05) is 12.0 Å². The van der Waals surface area contributed by atoms with E-state index in [0.717, 1.165) is 10.1 Å². The summed E-state index contributed by atoms with van der Waals surface area (Å²) >= 11 is 3.31. The van der Waals surface area contributed by atoms with E-state index in [0.29, 0.717) is 11.3 Å². The van der Waals surface area contributed by atoms with Crippen LogP contribution in [0.3, 0.4) is 0 Å². The Balaban J connectivity index is 2.80. The third kappa shape index (κ3) is 1.35. The molecule has 2 aromatic rings. The molecule has 4 heteroatoms. The number of nitrogens with zero attached hydrogens (tertiary/aromatic N) is 1. The van der Waals surface area contributed by atoms with Crippen LogP contribution in [0.2, 0.25) is 0 Å². The zero-order valence-corrected chi connectivity index (χ0v) is 9.21. The molecular formula is C10H8N2S2. The molecule has 14 heavy (non-hydrogen) atoms. The highest BCUT2D eigenvalue weighted by atomic mass is 32.2. The van der Waals surface area contributed by atoms with Crippen LogP contribution in [0.25, 0.3) is 10.1 Å². The predicted octanol–water partition coefficient (Wildman–Crippen LogP) is 3.08. The Bertz CT molecular complexity index is 523. The van der Waals surface area contributed by atoms with E-state index in [1.165, 1.54) is 4.90 Å². The molecule has 1 heterocycles. The molecule has 2 N–H and O–H groups in total. The molecule has 0 bridgehead atoms. The summed E-state index contributed by atoms with van der Waals surface area (Å²) in [6, 6.07) is 5.72. The Labute approximate surface area is 90.3 Å². The van der Waals surface area contributed by atoms with Crippen molar-refractivity contribution >= 4 is 38.9 Å². The zero-order chi connectivity index (χ0) is 10.1. The maximum Gasteiger partial charge on any atom is 0.0992 e. The molecule has 0 amide bonds. The van der Waals surface area contributed by atoms with E-state index in [-0.39, 0.29) is 0 Å². The van der Waals surface area contributed by atoms with Crippen molar-refractivity contribution in [1.29, 1.82) is 5.26 Å². The van der Waals surface area contributed by atoms with Gasteiger partial charge in [-0.3, -0.25) is 0 Å². The maximum absolute atomic E-state index is 8.78. The summed E-state index contributed by atoms with van der Waals surface area (Å²) in [6.07, 6.45) is 2.03. The molecule has 2 nitrogen and oxygen atoms in total. The Morgan fingerprint density at radius 1 is 1.50 bits per heavy atom. The van der Waals surface area contributed by atoms with E-state index < -0.39 is 0 Å². The Hall–Kier alpha value is -1.18. The predicted molar refractivity (Wildman–Crippen MR) is 62.7 cm³/mol.